The van der Waals surface area contributed by atoms with E-state index >= 15 is 0 Å². The molecule has 0 aromatic carbocycles. The zero-order valence-corrected chi connectivity index (χ0v) is 10.0. The lowest BCUT2D eigenvalue weighted by Gasteiger charge is -2.33. The predicted octanol–water partition coefficient (Wildman–Crippen LogP) is 1.02. The number of anilines is 1. The van der Waals surface area contributed by atoms with Crippen LogP contribution >= 0.6 is 0 Å². The van der Waals surface area contributed by atoms with Gasteiger partial charge in [-0.2, -0.15) is 5.10 Å². The second kappa shape index (κ2) is 4.33. The first kappa shape index (κ1) is 11.8. The fraction of sp³-hybridized carbons (Fsp3) is 0.700. The van der Waals surface area contributed by atoms with Crippen LogP contribution in [-0.2, 0) is 6.54 Å². The number of nitrogens with zero attached hydrogens (tertiary/aromatic N) is 3. The lowest BCUT2D eigenvalue weighted by atomic mass is 9.88. The number of hydrogen-bond donors (Lipinski definition) is 2. The quantitative estimate of drug-likeness (QED) is 0.603. The first-order chi connectivity index (χ1) is 8.02. The van der Waals surface area contributed by atoms with Gasteiger partial charge in [0.25, 0.3) is 0 Å². The molecule has 1 heterocycles. The third-order valence-electron chi connectivity index (χ3n) is 3.09. The highest BCUT2D eigenvalue weighted by molar-refractivity contribution is 5.60. The molecule has 1 aromatic rings. The molecular formula is C10H17N5O2. The van der Waals surface area contributed by atoms with Crippen molar-refractivity contribution < 1.29 is 4.92 Å². The molecule has 0 radical (unpaired) electrons. The molecule has 7 heteroatoms. The van der Waals surface area contributed by atoms with E-state index in [0.29, 0.717) is 18.1 Å². The first-order valence-electron chi connectivity index (χ1n) is 5.76. The van der Waals surface area contributed by atoms with Gasteiger partial charge in [0.1, 0.15) is 5.69 Å². The van der Waals surface area contributed by atoms with E-state index in [2.05, 4.69) is 10.4 Å². The minimum absolute atomic E-state index is 0.0762. The van der Waals surface area contributed by atoms with Crippen molar-refractivity contribution >= 4 is 11.5 Å². The van der Waals surface area contributed by atoms with Crippen LogP contribution in [0.25, 0.3) is 0 Å². The molecule has 0 aliphatic heterocycles. The lowest BCUT2D eigenvalue weighted by Crippen LogP contribution is -2.44. The van der Waals surface area contributed by atoms with Gasteiger partial charge in [-0.1, -0.05) is 0 Å². The van der Waals surface area contributed by atoms with Gasteiger partial charge < -0.3 is 11.1 Å². The van der Waals surface area contributed by atoms with Gasteiger partial charge in [0, 0.05) is 18.6 Å². The van der Waals surface area contributed by atoms with Crippen LogP contribution in [0.3, 0.4) is 0 Å². The third-order valence-corrected chi connectivity index (χ3v) is 3.09. The van der Waals surface area contributed by atoms with Crippen LogP contribution in [0.1, 0.15) is 25.5 Å². The van der Waals surface area contributed by atoms with Crippen LogP contribution in [0.2, 0.25) is 0 Å². The molecule has 0 bridgehead atoms. The normalized spacial score (nSPS) is 23.2. The summed E-state index contributed by atoms with van der Waals surface area (Å²) in [5, 5.41) is 18.4. The molecule has 7 nitrogen and oxygen atoms in total. The molecule has 3 N–H and O–H groups in total. The van der Waals surface area contributed by atoms with Crippen LogP contribution in [0, 0.1) is 17.0 Å². The van der Waals surface area contributed by atoms with E-state index in [1.807, 2.05) is 6.92 Å². The van der Waals surface area contributed by atoms with Gasteiger partial charge in [-0.15, -0.1) is 0 Å². The first-order valence-corrected chi connectivity index (χ1v) is 5.76. The second-order valence-electron chi connectivity index (χ2n) is 4.43. The maximum Gasteiger partial charge on any atom is 0.333 e. The molecule has 1 aliphatic rings. The van der Waals surface area contributed by atoms with Gasteiger partial charge in [0.2, 0.25) is 5.82 Å². The molecule has 0 spiro atoms. The molecule has 17 heavy (non-hydrogen) atoms. The van der Waals surface area contributed by atoms with Crippen LogP contribution in [0.15, 0.2) is 0 Å². The predicted molar refractivity (Wildman–Crippen MR) is 63.9 cm³/mol. The summed E-state index contributed by atoms with van der Waals surface area (Å²) in [5.41, 5.74) is 6.22. The smallest absolute Gasteiger partial charge is 0.333 e. The Morgan fingerprint density at radius 2 is 2.29 bits per heavy atom. The second-order valence-corrected chi connectivity index (χ2v) is 4.43. The minimum Gasteiger partial charge on any atom is -0.362 e. The Kier molecular flexibility index (Phi) is 3.01. The Morgan fingerprint density at radius 3 is 2.76 bits per heavy atom. The highest BCUT2D eigenvalue weighted by Crippen LogP contribution is 2.31. The standard InChI is InChI=1S/C10H17N5O2/c1-3-14-10(12-8-4-7(11)5-8)9(15(16)17)6(2)13-14/h7-8,12H,3-5,11H2,1-2H3. The Morgan fingerprint density at radius 1 is 1.65 bits per heavy atom. The van der Waals surface area contributed by atoms with Gasteiger partial charge >= 0.3 is 5.69 Å². The average molecular weight is 239 g/mol. The average Bonchev–Trinajstić information content (AvgIpc) is 2.52. The van der Waals surface area contributed by atoms with Gasteiger partial charge in [0.15, 0.2) is 0 Å². The van der Waals surface area contributed by atoms with E-state index in [9.17, 15) is 10.1 Å². The highest BCUT2D eigenvalue weighted by atomic mass is 16.6. The topological polar surface area (TPSA) is 99.0 Å². The summed E-state index contributed by atoms with van der Waals surface area (Å²) in [6, 6.07) is 0.441. The van der Waals surface area contributed by atoms with Crippen molar-refractivity contribution in [1.82, 2.24) is 9.78 Å². The molecule has 94 valence electrons. The summed E-state index contributed by atoms with van der Waals surface area (Å²) < 4.78 is 1.64. The Balaban J connectivity index is 2.26. The van der Waals surface area contributed by atoms with E-state index in [1.54, 1.807) is 11.6 Å². The molecule has 0 unspecified atom stereocenters. The maximum atomic E-state index is 11.0. The molecule has 0 amide bonds. The zero-order chi connectivity index (χ0) is 12.6. The minimum atomic E-state index is -0.380. The van der Waals surface area contributed by atoms with Gasteiger partial charge in [-0.25, -0.2) is 4.68 Å². The van der Waals surface area contributed by atoms with Crippen LogP contribution < -0.4 is 11.1 Å². The van der Waals surface area contributed by atoms with Crippen LogP contribution in [0.4, 0.5) is 11.5 Å². The molecule has 2 rings (SSSR count). The van der Waals surface area contributed by atoms with E-state index in [1.165, 1.54) is 0 Å². The third kappa shape index (κ3) is 2.10. The summed E-state index contributed by atoms with van der Waals surface area (Å²) in [7, 11) is 0. The Hall–Kier alpha value is -1.63. The maximum absolute atomic E-state index is 11.0. The highest BCUT2D eigenvalue weighted by Gasteiger charge is 2.31. The molecular weight excluding hydrogens is 222 g/mol. The molecule has 1 fully saturated rings. The van der Waals surface area contributed by atoms with E-state index in [-0.39, 0.29) is 22.7 Å². The zero-order valence-electron chi connectivity index (χ0n) is 10.0. The summed E-state index contributed by atoms with van der Waals surface area (Å²) in [4.78, 5) is 10.6. The Bertz CT molecular complexity index is 436. The van der Waals surface area contributed by atoms with E-state index in [4.69, 9.17) is 5.73 Å². The van der Waals surface area contributed by atoms with Crippen molar-refractivity contribution in [3.63, 3.8) is 0 Å². The van der Waals surface area contributed by atoms with Crippen molar-refractivity contribution in [1.29, 1.82) is 0 Å². The van der Waals surface area contributed by atoms with E-state index in [0.717, 1.165) is 12.8 Å². The molecule has 1 aromatic heterocycles. The van der Waals surface area contributed by atoms with Gasteiger partial charge in [-0.3, -0.25) is 10.1 Å². The summed E-state index contributed by atoms with van der Waals surface area (Å²) in [6.07, 6.45) is 1.70. The summed E-state index contributed by atoms with van der Waals surface area (Å²) >= 11 is 0. The van der Waals surface area contributed by atoms with Crippen molar-refractivity contribution in [2.45, 2.75) is 45.3 Å². The van der Waals surface area contributed by atoms with Crippen molar-refractivity contribution in [3.8, 4) is 0 Å². The molecule has 0 atom stereocenters. The van der Waals surface area contributed by atoms with Crippen LogP contribution in [-0.4, -0.2) is 26.8 Å². The number of aryl methyl sites for hydroxylation is 2. The van der Waals surface area contributed by atoms with Crippen molar-refractivity contribution in [2.75, 3.05) is 5.32 Å². The summed E-state index contributed by atoms with van der Waals surface area (Å²) in [6.45, 7) is 4.17. The molecule has 0 saturated heterocycles. The lowest BCUT2D eigenvalue weighted by molar-refractivity contribution is -0.384. The molecule has 1 aliphatic carbocycles. The number of hydrogen-bond acceptors (Lipinski definition) is 5. The van der Waals surface area contributed by atoms with Gasteiger partial charge in [-0.05, 0) is 26.7 Å². The molecule has 1 saturated carbocycles. The number of aromatic nitrogens is 2. The number of nitrogens with two attached hydrogens (primary N) is 1. The number of nitrogens with one attached hydrogen (secondary N) is 1. The summed E-state index contributed by atoms with van der Waals surface area (Å²) in [5.74, 6) is 0.506. The van der Waals surface area contributed by atoms with Crippen LogP contribution in [0.5, 0.6) is 0 Å². The van der Waals surface area contributed by atoms with Crippen molar-refractivity contribution in [3.05, 3.63) is 15.8 Å². The van der Waals surface area contributed by atoms with E-state index < -0.39 is 0 Å². The number of rotatable bonds is 4. The van der Waals surface area contributed by atoms with Gasteiger partial charge in [0.05, 0.1) is 4.92 Å². The fourth-order valence-corrected chi connectivity index (χ4v) is 2.14. The fourth-order valence-electron chi connectivity index (χ4n) is 2.14. The monoisotopic (exact) mass is 239 g/mol. The number of nitro groups is 1. The van der Waals surface area contributed by atoms with Crippen molar-refractivity contribution in [2.24, 2.45) is 5.73 Å². The SMILES string of the molecule is CCn1nc(C)c([N+](=O)[O-])c1NC1CC(N)C1. The Labute approximate surface area is 99.1 Å². The largest absolute Gasteiger partial charge is 0.362 e.